The van der Waals surface area contributed by atoms with Gasteiger partial charge in [0.1, 0.15) is 0 Å². The van der Waals surface area contributed by atoms with E-state index in [0.717, 1.165) is 5.57 Å². The minimum absolute atomic E-state index is 1.10. The van der Waals surface area contributed by atoms with Crippen molar-refractivity contribution in [2.45, 2.75) is 34.6 Å². The van der Waals surface area contributed by atoms with Crippen LogP contribution in [0.4, 0.5) is 0 Å². The number of aryl methyl sites for hydroxylation is 2. The molecule has 2 aromatic rings. The highest BCUT2D eigenvalue weighted by atomic mass is 14.1. The summed E-state index contributed by atoms with van der Waals surface area (Å²) in [6.45, 7) is 14.8. The van der Waals surface area contributed by atoms with Crippen molar-refractivity contribution in [3.63, 3.8) is 0 Å². The molecule has 0 N–H and O–H groups in total. The summed E-state index contributed by atoms with van der Waals surface area (Å²) in [5.41, 5.74) is 7.49. The first kappa shape index (κ1) is 15.3. The lowest BCUT2D eigenvalue weighted by Crippen LogP contribution is -1.93. The number of hydrogen-bond acceptors (Lipinski definition) is 0. The van der Waals surface area contributed by atoms with Crippen LogP contribution in [0.2, 0.25) is 0 Å². The van der Waals surface area contributed by atoms with Crippen molar-refractivity contribution in [2.24, 2.45) is 0 Å². The fourth-order valence-corrected chi connectivity index (χ4v) is 2.64. The molecule has 21 heavy (non-hydrogen) atoms. The van der Waals surface area contributed by atoms with E-state index in [4.69, 9.17) is 0 Å². The third-order valence-corrected chi connectivity index (χ3v) is 4.02. The third-order valence-electron chi connectivity index (χ3n) is 4.02. The molecule has 0 atom stereocenters. The summed E-state index contributed by atoms with van der Waals surface area (Å²) in [6.07, 6.45) is 4.35. The maximum Gasteiger partial charge on any atom is -0.0146 e. The molecule has 2 aromatic carbocycles. The molecule has 0 amide bonds. The highest BCUT2D eigenvalue weighted by Gasteiger charge is 2.09. The number of allylic oxidation sites excluding steroid dienone is 5. The van der Waals surface area contributed by atoms with E-state index in [0.29, 0.717) is 0 Å². The summed E-state index contributed by atoms with van der Waals surface area (Å²) < 4.78 is 0. The zero-order chi connectivity index (χ0) is 15.6. The van der Waals surface area contributed by atoms with Gasteiger partial charge >= 0.3 is 0 Å². The van der Waals surface area contributed by atoms with E-state index in [2.05, 4.69) is 83.7 Å². The van der Waals surface area contributed by atoms with Gasteiger partial charge in [0.25, 0.3) is 0 Å². The van der Waals surface area contributed by atoms with Gasteiger partial charge in [-0.05, 0) is 62.1 Å². The van der Waals surface area contributed by atoms with Crippen LogP contribution in [-0.4, -0.2) is 0 Å². The second-order valence-electron chi connectivity index (χ2n) is 5.83. The molecule has 0 heteroatoms. The Morgan fingerprint density at radius 1 is 1.05 bits per heavy atom. The number of benzene rings is 2. The largest absolute Gasteiger partial charge is 0.0955 e. The summed E-state index contributed by atoms with van der Waals surface area (Å²) in [5, 5.41) is 2.63. The summed E-state index contributed by atoms with van der Waals surface area (Å²) in [6, 6.07) is 11.1. The van der Waals surface area contributed by atoms with Gasteiger partial charge in [-0.3, -0.25) is 0 Å². The van der Waals surface area contributed by atoms with Crippen LogP contribution < -0.4 is 0 Å². The van der Waals surface area contributed by atoms with Gasteiger partial charge in [-0.15, -0.1) is 0 Å². The lowest BCUT2D eigenvalue weighted by atomic mass is 9.90. The van der Waals surface area contributed by atoms with Gasteiger partial charge in [-0.1, -0.05) is 65.8 Å². The fourth-order valence-electron chi connectivity index (χ4n) is 2.64. The minimum Gasteiger partial charge on any atom is -0.0955 e. The standard InChI is InChI=1S/C21H24/c1-7-15(4)13-21(14(2)3)20-11-9-18-12-16(5)8-10-19(18)17(20)6/h7-13H,2H2,1,3-6H3/b15-7-,21-13+. The van der Waals surface area contributed by atoms with Crippen LogP contribution in [0.3, 0.4) is 0 Å². The van der Waals surface area contributed by atoms with E-state index in [-0.39, 0.29) is 0 Å². The lowest BCUT2D eigenvalue weighted by molar-refractivity contribution is 1.40. The minimum atomic E-state index is 1.10. The summed E-state index contributed by atoms with van der Waals surface area (Å²) in [5.74, 6) is 0. The molecular formula is C21H24. The topological polar surface area (TPSA) is 0 Å². The van der Waals surface area contributed by atoms with E-state index in [1.54, 1.807) is 0 Å². The zero-order valence-electron chi connectivity index (χ0n) is 13.7. The molecule has 0 saturated carbocycles. The van der Waals surface area contributed by atoms with Crippen molar-refractivity contribution >= 4 is 16.3 Å². The van der Waals surface area contributed by atoms with Crippen molar-refractivity contribution in [1.29, 1.82) is 0 Å². The van der Waals surface area contributed by atoms with Crippen molar-refractivity contribution in [3.05, 3.63) is 76.9 Å². The second kappa shape index (κ2) is 6.13. The molecular weight excluding hydrogens is 252 g/mol. The lowest BCUT2D eigenvalue weighted by Gasteiger charge is -2.14. The Hall–Kier alpha value is -2.08. The Bertz CT molecular complexity index is 755. The van der Waals surface area contributed by atoms with Gasteiger partial charge in [-0.2, -0.15) is 0 Å². The Morgan fingerprint density at radius 2 is 1.76 bits per heavy atom. The Labute approximate surface area is 128 Å². The molecule has 0 unspecified atom stereocenters. The van der Waals surface area contributed by atoms with Gasteiger partial charge < -0.3 is 0 Å². The maximum absolute atomic E-state index is 4.16. The molecule has 0 bridgehead atoms. The van der Waals surface area contributed by atoms with Crippen LogP contribution >= 0.6 is 0 Å². The molecule has 108 valence electrons. The molecule has 0 aliphatic heterocycles. The average molecular weight is 276 g/mol. The van der Waals surface area contributed by atoms with Crippen LogP contribution in [0.15, 0.2) is 60.2 Å². The molecule has 0 saturated heterocycles. The van der Waals surface area contributed by atoms with E-state index in [1.165, 1.54) is 38.6 Å². The van der Waals surface area contributed by atoms with Crippen LogP contribution in [0, 0.1) is 13.8 Å². The van der Waals surface area contributed by atoms with Crippen LogP contribution in [0.1, 0.15) is 37.5 Å². The maximum atomic E-state index is 4.16. The fraction of sp³-hybridized carbons (Fsp3) is 0.238. The molecule has 0 heterocycles. The molecule has 2 rings (SSSR count). The summed E-state index contributed by atoms with van der Waals surface area (Å²) in [7, 11) is 0. The van der Waals surface area contributed by atoms with Crippen LogP contribution in [0.5, 0.6) is 0 Å². The predicted octanol–water partition coefficient (Wildman–Crippen LogP) is 6.38. The number of rotatable bonds is 3. The number of fused-ring (bicyclic) bond motifs is 1. The van der Waals surface area contributed by atoms with E-state index < -0.39 is 0 Å². The van der Waals surface area contributed by atoms with Gasteiger partial charge in [-0.25, -0.2) is 0 Å². The smallest absolute Gasteiger partial charge is 0.0146 e. The predicted molar refractivity (Wildman–Crippen MR) is 95.6 cm³/mol. The summed E-state index contributed by atoms with van der Waals surface area (Å²) in [4.78, 5) is 0. The molecule has 0 aliphatic carbocycles. The second-order valence-corrected chi connectivity index (χ2v) is 5.83. The Morgan fingerprint density at radius 3 is 2.38 bits per heavy atom. The first-order valence-electron chi connectivity index (χ1n) is 7.45. The van der Waals surface area contributed by atoms with E-state index >= 15 is 0 Å². The molecule has 0 aliphatic rings. The average Bonchev–Trinajstić information content (AvgIpc) is 2.45. The van der Waals surface area contributed by atoms with Gasteiger partial charge in [0.2, 0.25) is 0 Å². The van der Waals surface area contributed by atoms with Crippen LogP contribution in [-0.2, 0) is 0 Å². The number of hydrogen-bond donors (Lipinski definition) is 0. The monoisotopic (exact) mass is 276 g/mol. The highest BCUT2D eigenvalue weighted by molar-refractivity contribution is 5.93. The van der Waals surface area contributed by atoms with Crippen molar-refractivity contribution < 1.29 is 0 Å². The first-order chi connectivity index (χ1) is 9.93. The third kappa shape index (κ3) is 3.16. The highest BCUT2D eigenvalue weighted by Crippen LogP contribution is 2.31. The molecule has 0 nitrogen and oxygen atoms in total. The molecule has 0 radical (unpaired) electrons. The van der Waals surface area contributed by atoms with Crippen molar-refractivity contribution in [3.8, 4) is 0 Å². The van der Waals surface area contributed by atoms with E-state index in [9.17, 15) is 0 Å². The van der Waals surface area contributed by atoms with Gasteiger partial charge in [0, 0.05) is 0 Å². The van der Waals surface area contributed by atoms with Crippen molar-refractivity contribution in [2.75, 3.05) is 0 Å². The SMILES string of the molecule is C=C(C)/C(=C\C(C)=C/C)c1ccc2cc(C)ccc2c1C. The van der Waals surface area contributed by atoms with E-state index in [1.807, 2.05) is 0 Å². The van der Waals surface area contributed by atoms with Crippen molar-refractivity contribution in [1.82, 2.24) is 0 Å². The molecule has 0 fully saturated rings. The first-order valence-corrected chi connectivity index (χ1v) is 7.45. The zero-order valence-corrected chi connectivity index (χ0v) is 13.7. The molecule has 0 spiro atoms. The van der Waals surface area contributed by atoms with Gasteiger partial charge in [0.05, 0.1) is 0 Å². The molecule has 0 aromatic heterocycles. The van der Waals surface area contributed by atoms with Gasteiger partial charge in [0.15, 0.2) is 0 Å². The Kier molecular flexibility index (Phi) is 4.47. The van der Waals surface area contributed by atoms with Crippen LogP contribution in [0.25, 0.3) is 16.3 Å². The normalized spacial score (nSPS) is 12.8. The Balaban J connectivity index is 2.70. The summed E-state index contributed by atoms with van der Waals surface area (Å²) >= 11 is 0. The quantitative estimate of drug-likeness (QED) is 0.570.